The van der Waals surface area contributed by atoms with Crippen LogP contribution in [0.5, 0.6) is 0 Å². The first-order valence-electron chi connectivity index (χ1n) is 5.64. The van der Waals surface area contributed by atoms with Gasteiger partial charge in [0, 0.05) is 24.1 Å². The largest absolute Gasteiger partial charge is 0.397 e. The molecule has 1 unspecified atom stereocenters. The maximum absolute atomic E-state index is 11.5. The van der Waals surface area contributed by atoms with Gasteiger partial charge in [0.25, 0.3) is 5.91 Å². The Kier molecular flexibility index (Phi) is 3.47. The molecule has 1 aromatic carbocycles. The highest BCUT2D eigenvalue weighted by Crippen LogP contribution is 2.32. The van der Waals surface area contributed by atoms with Crippen molar-refractivity contribution in [3.8, 4) is 0 Å². The third-order valence-electron chi connectivity index (χ3n) is 2.99. The van der Waals surface area contributed by atoms with Crippen LogP contribution in [0.25, 0.3) is 0 Å². The van der Waals surface area contributed by atoms with Crippen LogP contribution in [0.4, 0.5) is 11.4 Å². The number of nitrogens with zero attached hydrogens (tertiary/aromatic N) is 1. The predicted octanol–water partition coefficient (Wildman–Crippen LogP) is 1.31. The topological polar surface area (TPSA) is 72.3 Å². The molecule has 0 aliphatic carbocycles. The SMILES string of the molecule is CC1CSCCN1c1c(N)cccc1C(N)=O. The van der Waals surface area contributed by atoms with Gasteiger partial charge in [-0.1, -0.05) is 6.07 Å². The summed E-state index contributed by atoms with van der Waals surface area (Å²) >= 11 is 1.92. The van der Waals surface area contributed by atoms with Crippen molar-refractivity contribution in [1.29, 1.82) is 0 Å². The molecule has 4 nitrogen and oxygen atoms in total. The van der Waals surface area contributed by atoms with Crippen molar-refractivity contribution in [2.45, 2.75) is 13.0 Å². The second-order valence-corrected chi connectivity index (χ2v) is 5.37. The summed E-state index contributed by atoms with van der Waals surface area (Å²) in [4.78, 5) is 13.6. The standard InChI is InChI=1S/C12H17N3OS/c1-8-7-17-6-5-15(8)11-9(12(14)16)3-2-4-10(11)13/h2-4,8H,5-7,13H2,1H3,(H2,14,16). The predicted molar refractivity (Wildman–Crippen MR) is 73.5 cm³/mol. The zero-order chi connectivity index (χ0) is 12.4. The second-order valence-electron chi connectivity index (χ2n) is 4.22. The molecule has 1 saturated heterocycles. The zero-order valence-corrected chi connectivity index (χ0v) is 10.7. The first-order chi connectivity index (χ1) is 8.11. The Morgan fingerprint density at radius 1 is 1.53 bits per heavy atom. The molecular weight excluding hydrogens is 234 g/mol. The average molecular weight is 251 g/mol. The van der Waals surface area contributed by atoms with Gasteiger partial charge >= 0.3 is 0 Å². The summed E-state index contributed by atoms with van der Waals surface area (Å²) in [6.07, 6.45) is 0. The number of rotatable bonds is 2. The molecule has 1 aliphatic heterocycles. The molecule has 0 spiro atoms. The van der Waals surface area contributed by atoms with Gasteiger partial charge in [-0.15, -0.1) is 0 Å². The van der Waals surface area contributed by atoms with Gasteiger partial charge in [0.05, 0.1) is 16.9 Å². The van der Waals surface area contributed by atoms with Gasteiger partial charge < -0.3 is 16.4 Å². The Labute approximate surface area is 105 Å². The van der Waals surface area contributed by atoms with Gasteiger partial charge in [0.2, 0.25) is 0 Å². The zero-order valence-electron chi connectivity index (χ0n) is 9.85. The van der Waals surface area contributed by atoms with E-state index in [0.717, 1.165) is 23.7 Å². The summed E-state index contributed by atoms with van der Waals surface area (Å²) in [5.74, 6) is 1.68. The van der Waals surface area contributed by atoms with Crippen molar-refractivity contribution in [1.82, 2.24) is 0 Å². The Morgan fingerprint density at radius 3 is 2.94 bits per heavy atom. The van der Waals surface area contributed by atoms with Crippen LogP contribution < -0.4 is 16.4 Å². The second kappa shape index (κ2) is 4.87. The van der Waals surface area contributed by atoms with E-state index in [1.807, 2.05) is 17.8 Å². The molecular formula is C12H17N3OS. The Balaban J connectivity index is 2.45. The van der Waals surface area contributed by atoms with E-state index in [9.17, 15) is 4.79 Å². The quantitative estimate of drug-likeness (QED) is 0.777. The highest BCUT2D eigenvalue weighted by atomic mass is 32.2. The molecule has 1 aliphatic rings. The van der Waals surface area contributed by atoms with Gasteiger partial charge in [0.1, 0.15) is 0 Å². The molecule has 92 valence electrons. The molecule has 0 radical (unpaired) electrons. The van der Waals surface area contributed by atoms with Crippen molar-refractivity contribution in [2.75, 3.05) is 28.7 Å². The van der Waals surface area contributed by atoms with E-state index in [1.54, 1.807) is 12.1 Å². The van der Waals surface area contributed by atoms with Gasteiger partial charge in [-0.05, 0) is 19.1 Å². The van der Waals surface area contributed by atoms with E-state index in [4.69, 9.17) is 11.5 Å². The van der Waals surface area contributed by atoms with E-state index >= 15 is 0 Å². The van der Waals surface area contributed by atoms with Crippen LogP contribution in [0.3, 0.4) is 0 Å². The maximum Gasteiger partial charge on any atom is 0.250 e. The Morgan fingerprint density at radius 2 is 2.29 bits per heavy atom. The summed E-state index contributed by atoms with van der Waals surface area (Å²) in [5.41, 5.74) is 13.3. The fourth-order valence-corrected chi connectivity index (χ4v) is 3.15. The number of thioether (sulfide) groups is 1. The Hall–Kier alpha value is -1.36. The lowest BCUT2D eigenvalue weighted by Crippen LogP contribution is -2.41. The van der Waals surface area contributed by atoms with E-state index in [2.05, 4.69) is 11.8 Å². The van der Waals surface area contributed by atoms with Crippen molar-refractivity contribution in [2.24, 2.45) is 5.73 Å². The van der Waals surface area contributed by atoms with Crippen LogP contribution in [-0.4, -0.2) is 30.0 Å². The molecule has 4 N–H and O–H groups in total. The number of amides is 1. The number of anilines is 2. The molecule has 5 heteroatoms. The van der Waals surface area contributed by atoms with Crippen molar-refractivity contribution >= 4 is 29.0 Å². The number of carbonyl (C=O) groups excluding carboxylic acids is 1. The lowest BCUT2D eigenvalue weighted by atomic mass is 10.1. The van der Waals surface area contributed by atoms with Crippen LogP contribution in [0.2, 0.25) is 0 Å². The minimum Gasteiger partial charge on any atom is -0.397 e. The fraction of sp³-hybridized carbons (Fsp3) is 0.417. The van der Waals surface area contributed by atoms with Crippen LogP contribution >= 0.6 is 11.8 Å². The van der Waals surface area contributed by atoms with Crippen molar-refractivity contribution < 1.29 is 4.79 Å². The lowest BCUT2D eigenvalue weighted by Gasteiger charge is -2.36. The number of hydrogen-bond acceptors (Lipinski definition) is 4. The third kappa shape index (κ3) is 2.34. The van der Waals surface area contributed by atoms with Crippen LogP contribution in [0, 0.1) is 0 Å². The fourth-order valence-electron chi connectivity index (χ4n) is 2.14. The molecule has 1 atom stereocenters. The molecule has 0 bridgehead atoms. The van der Waals surface area contributed by atoms with E-state index in [1.165, 1.54) is 0 Å². The maximum atomic E-state index is 11.5. The molecule has 0 aromatic heterocycles. The smallest absolute Gasteiger partial charge is 0.250 e. The third-order valence-corrected chi connectivity index (χ3v) is 4.18. The van der Waals surface area contributed by atoms with Gasteiger partial charge in [0.15, 0.2) is 0 Å². The summed E-state index contributed by atoms with van der Waals surface area (Å²) in [7, 11) is 0. The van der Waals surface area contributed by atoms with E-state index in [0.29, 0.717) is 17.3 Å². The number of hydrogen-bond donors (Lipinski definition) is 2. The first kappa shape index (κ1) is 12.1. The molecule has 1 aromatic rings. The molecule has 1 amide bonds. The van der Waals surface area contributed by atoms with Crippen molar-refractivity contribution in [3.05, 3.63) is 23.8 Å². The summed E-state index contributed by atoms with van der Waals surface area (Å²) in [6, 6.07) is 5.69. The molecule has 17 heavy (non-hydrogen) atoms. The molecule has 1 fully saturated rings. The molecule has 0 saturated carbocycles. The van der Waals surface area contributed by atoms with Gasteiger partial charge in [-0.3, -0.25) is 4.79 Å². The van der Waals surface area contributed by atoms with Crippen LogP contribution in [-0.2, 0) is 0 Å². The lowest BCUT2D eigenvalue weighted by molar-refractivity contribution is 0.100. The number of primary amides is 1. The highest BCUT2D eigenvalue weighted by Gasteiger charge is 2.24. The summed E-state index contributed by atoms with van der Waals surface area (Å²) < 4.78 is 0. The van der Waals surface area contributed by atoms with E-state index in [-0.39, 0.29) is 0 Å². The van der Waals surface area contributed by atoms with Crippen LogP contribution in [0.15, 0.2) is 18.2 Å². The highest BCUT2D eigenvalue weighted by molar-refractivity contribution is 7.99. The van der Waals surface area contributed by atoms with E-state index < -0.39 is 5.91 Å². The minimum absolute atomic E-state index is 0.372. The van der Waals surface area contributed by atoms with Crippen molar-refractivity contribution in [3.63, 3.8) is 0 Å². The summed E-state index contributed by atoms with van der Waals surface area (Å²) in [5, 5.41) is 0. The van der Waals surface area contributed by atoms with Crippen LogP contribution in [0.1, 0.15) is 17.3 Å². The molecule has 2 rings (SSSR count). The van der Waals surface area contributed by atoms with Gasteiger partial charge in [-0.25, -0.2) is 0 Å². The number of carbonyl (C=O) groups is 1. The molecule has 1 heterocycles. The number of para-hydroxylation sites is 1. The average Bonchev–Trinajstić information content (AvgIpc) is 2.30. The summed E-state index contributed by atoms with van der Waals surface area (Å²) in [6.45, 7) is 3.05. The Bertz CT molecular complexity index is 436. The number of nitrogen functional groups attached to an aromatic ring is 1. The normalized spacial score (nSPS) is 20.3. The van der Waals surface area contributed by atoms with Gasteiger partial charge in [-0.2, -0.15) is 11.8 Å². The number of nitrogens with two attached hydrogens (primary N) is 2. The number of benzene rings is 1. The minimum atomic E-state index is -0.419. The first-order valence-corrected chi connectivity index (χ1v) is 6.79. The monoisotopic (exact) mass is 251 g/mol.